The molecule has 3 aromatic rings. The highest BCUT2D eigenvalue weighted by Crippen LogP contribution is 2.24. The number of pyridine rings is 1. The molecule has 118 valence electrons. The van der Waals surface area contributed by atoms with Gasteiger partial charge in [-0.1, -0.05) is 18.2 Å². The minimum Gasteiger partial charge on any atom is -0.326 e. The van der Waals surface area contributed by atoms with Crippen LogP contribution in [0.25, 0.3) is 10.9 Å². The van der Waals surface area contributed by atoms with Crippen LogP contribution in [0.15, 0.2) is 54.7 Å². The van der Waals surface area contributed by atoms with E-state index in [4.69, 9.17) is 0 Å². The zero-order valence-corrected chi connectivity index (χ0v) is 12.9. The maximum atomic E-state index is 12.5. The van der Waals surface area contributed by atoms with E-state index in [0.717, 1.165) is 22.2 Å². The molecule has 0 unspecified atom stereocenters. The number of nitrogens with zero attached hydrogens (tertiary/aromatic N) is 1. The van der Waals surface area contributed by atoms with Crippen molar-refractivity contribution in [1.29, 1.82) is 0 Å². The molecule has 1 aromatic heterocycles. The highest BCUT2D eigenvalue weighted by Gasteiger charge is 2.16. The molecule has 0 atom stereocenters. The van der Waals surface area contributed by atoms with Crippen LogP contribution < -0.4 is 10.6 Å². The number of anilines is 2. The van der Waals surface area contributed by atoms with Crippen LogP contribution >= 0.6 is 0 Å². The number of hydrogen-bond acceptors (Lipinski definition) is 3. The minimum atomic E-state index is -0.188. The number of fused-ring (bicyclic) bond motifs is 2. The third kappa shape index (κ3) is 2.72. The molecule has 0 bridgehead atoms. The fourth-order valence-electron chi connectivity index (χ4n) is 2.87. The van der Waals surface area contributed by atoms with Gasteiger partial charge in [-0.15, -0.1) is 0 Å². The Labute approximate surface area is 138 Å². The first-order chi connectivity index (χ1) is 11.7. The molecule has 1 aliphatic rings. The topological polar surface area (TPSA) is 71.1 Å². The summed E-state index contributed by atoms with van der Waals surface area (Å²) in [6.07, 6.45) is 2.76. The van der Waals surface area contributed by atoms with Gasteiger partial charge in [-0.25, -0.2) is 0 Å². The van der Waals surface area contributed by atoms with Crippen molar-refractivity contribution in [2.24, 2.45) is 0 Å². The first-order valence-corrected chi connectivity index (χ1v) is 7.78. The molecule has 0 fully saturated rings. The van der Waals surface area contributed by atoms with Gasteiger partial charge in [0.25, 0.3) is 5.91 Å². The van der Waals surface area contributed by atoms with Gasteiger partial charge in [0.15, 0.2) is 0 Å². The molecule has 0 saturated carbocycles. The number of carbonyl (C=O) groups is 2. The molecule has 2 amide bonds. The van der Waals surface area contributed by atoms with E-state index in [0.29, 0.717) is 24.1 Å². The smallest absolute Gasteiger partial charge is 0.255 e. The molecular weight excluding hydrogens is 302 g/mol. The number of aromatic nitrogens is 1. The summed E-state index contributed by atoms with van der Waals surface area (Å²) in [7, 11) is 0. The molecule has 24 heavy (non-hydrogen) atoms. The molecule has 5 nitrogen and oxygen atoms in total. The first kappa shape index (κ1) is 14.4. The molecule has 0 spiro atoms. The van der Waals surface area contributed by atoms with Gasteiger partial charge in [0, 0.05) is 23.1 Å². The number of aryl methyl sites for hydroxylation is 1. The lowest BCUT2D eigenvalue weighted by Gasteiger charge is -2.17. The van der Waals surface area contributed by atoms with E-state index in [1.165, 1.54) is 0 Å². The van der Waals surface area contributed by atoms with E-state index < -0.39 is 0 Å². The van der Waals surface area contributed by atoms with E-state index in [1.54, 1.807) is 18.3 Å². The molecule has 2 N–H and O–H groups in total. The fraction of sp³-hybridized carbons (Fsp3) is 0.105. The third-order valence-electron chi connectivity index (χ3n) is 4.11. The van der Waals surface area contributed by atoms with Crippen molar-refractivity contribution in [1.82, 2.24) is 4.98 Å². The Kier molecular flexibility index (Phi) is 3.46. The number of amides is 2. The zero-order chi connectivity index (χ0) is 16.5. The summed E-state index contributed by atoms with van der Waals surface area (Å²) < 4.78 is 0. The Morgan fingerprint density at radius 2 is 1.96 bits per heavy atom. The molecule has 0 aliphatic carbocycles. The summed E-state index contributed by atoms with van der Waals surface area (Å²) in [6, 6.07) is 15.0. The highest BCUT2D eigenvalue weighted by atomic mass is 16.2. The maximum Gasteiger partial charge on any atom is 0.255 e. The van der Waals surface area contributed by atoms with Crippen molar-refractivity contribution in [3.63, 3.8) is 0 Å². The maximum absolute atomic E-state index is 12.5. The Bertz CT molecular complexity index is 966. The quantitative estimate of drug-likeness (QED) is 0.761. The van der Waals surface area contributed by atoms with E-state index in [2.05, 4.69) is 15.6 Å². The lowest BCUT2D eigenvalue weighted by Crippen LogP contribution is -2.20. The second kappa shape index (κ2) is 5.77. The second-order valence-electron chi connectivity index (χ2n) is 5.79. The summed E-state index contributed by atoms with van der Waals surface area (Å²) in [6.45, 7) is 0. The zero-order valence-electron chi connectivity index (χ0n) is 12.9. The summed E-state index contributed by atoms with van der Waals surface area (Å²) in [5, 5.41) is 6.67. The van der Waals surface area contributed by atoms with Crippen molar-refractivity contribution < 1.29 is 9.59 Å². The van der Waals surface area contributed by atoms with Crippen LogP contribution in [0.3, 0.4) is 0 Å². The standard InChI is InChI=1S/C19H15N3O2/c23-18-8-6-13-9-14(5-7-17(13)22-18)19(24)21-15-10-12-3-1-2-4-16(12)20-11-15/h1-5,7,9-11H,6,8H2,(H,21,24)(H,22,23). The first-order valence-electron chi connectivity index (χ1n) is 7.78. The highest BCUT2D eigenvalue weighted by molar-refractivity contribution is 6.05. The average Bonchev–Trinajstić information content (AvgIpc) is 2.61. The normalized spacial score (nSPS) is 13.2. The molecular formula is C19H15N3O2. The van der Waals surface area contributed by atoms with Crippen molar-refractivity contribution in [2.75, 3.05) is 10.6 Å². The number of benzene rings is 2. The summed E-state index contributed by atoms with van der Waals surface area (Å²) in [5.41, 5.74) is 3.89. The largest absolute Gasteiger partial charge is 0.326 e. The van der Waals surface area contributed by atoms with Gasteiger partial charge in [0.2, 0.25) is 5.91 Å². The third-order valence-corrected chi connectivity index (χ3v) is 4.11. The number of carbonyl (C=O) groups excluding carboxylic acids is 2. The van der Waals surface area contributed by atoms with Crippen LogP contribution in [0.4, 0.5) is 11.4 Å². The van der Waals surface area contributed by atoms with Gasteiger partial charge in [-0.3, -0.25) is 14.6 Å². The van der Waals surface area contributed by atoms with E-state index in [-0.39, 0.29) is 11.8 Å². The number of para-hydroxylation sites is 1. The Morgan fingerprint density at radius 1 is 1.08 bits per heavy atom. The summed E-state index contributed by atoms with van der Waals surface area (Å²) in [5.74, 6) is -0.172. The van der Waals surface area contributed by atoms with E-state index in [9.17, 15) is 9.59 Å². The fourth-order valence-corrected chi connectivity index (χ4v) is 2.87. The predicted molar refractivity (Wildman–Crippen MR) is 93.1 cm³/mol. The lowest BCUT2D eigenvalue weighted by atomic mass is 10.00. The van der Waals surface area contributed by atoms with Crippen molar-refractivity contribution in [3.8, 4) is 0 Å². The molecule has 5 heteroatoms. The number of nitrogens with one attached hydrogen (secondary N) is 2. The molecule has 1 aliphatic heterocycles. The Hall–Kier alpha value is -3.21. The number of hydrogen-bond donors (Lipinski definition) is 2. The monoisotopic (exact) mass is 317 g/mol. The van der Waals surface area contributed by atoms with Crippen LogP contribution in [-0.2, 0) is 11.2 Å². The molecule has 4 rings (SSSR count). The van der Waals surface area contributed by atoms with Crippen molar-refractivity contribution in [3.05, 3.63) is 65.9 Å². The van der Waals surface area contributed by atoms with E-state index >= 15 is 0 Å². The summed E-state index contributed by atoms with van der Waals surface area (Å²) in [4.78, 5) is 28.2. The molecule has 2 heterocycles. The average molecular weight is 317 g/mol. The van der Waals surface area contributed by atoms with Gasteiger partial charge in [0.05, 0.1) is 17.4 Å². The number of rotatable bonds is 2. The van der Waals surface area contributed by atoms with Crippen molar-refractivity contribution in [2.45, 2.75) is 12.8 Å². The molecule has 2 aromatic carbocycles. The van der Waals surface area contributed by atoms with Crippen molar-refractivity contribution >= 4 is 34.1 Å². The van der Waals surface area contributed by atoms with Gasteiger partial charge >= 0.3 is 0 Å². The predicted octanol–water partition coefficient (Wildman–Crippen LogP) is 3.37. The van der Waals surface area contributed by atoms with Crippen LogP contribution in [0.2, 0.25) is 0 Å². The Balaban J connectivity index is 1.58. The minimum absolute atomic E-state index is 0.0157. The SMILES string of the molecule is O=C1CCc2cc(C(=O)Nc3cnc4ccccc4c3)ccc2N1. The van der Waals surface area contributed by atoms with Gasteiger partial charge < -0.3 is 10.6 Å². The second-order valence-corrected chi connectivity index (χ2v) is 5.79. The van der Waals surface area contributed by atoms with Crippen LogP contribution in [0.1, 0.15) is 22.3 Å². The Morgan fingerprint density at radius 3 is 2.88 bits per heavy atom. The molecule has 0 saturated heterocycles. The van der Waals surface area contributed by atoms with Crippen LogP contribution in [0, 0.1) is 0 Å². The van der Waals surface area contributed by atoms with Gasteiger partial charge in [-0.2, -0.15) is 0 Å². The van der Waals surface area contributed by atoms with Crippen LogP contribution in [-0.4, -0.2) is 16.8 Å². The van der Waals surface area contributed by atoms with E-state index in [1.807, 2.05) is 36.4 Å². The van der Waals surface area contributed by atoms with Gasteiger partial charge in [-0.05, 0) is 42.3 Å². The van der Waals surface area contributed by atoms with Gasteiger partial charge in [0.1, 0.15) is 0 Å². The molecule has 0 radical (unpaired) electrons. The van der Waals surface area contributed by atoms with Crippen LogP contribution in [0.5, 0.6) is 0 Å². The lowest BCUT2D eigenvalue weighted by molar-refractivity contribution is -0.116. The summed E-state index contributed by atoms with van der Waals surface area (Å²) >= 11 is 0.